The quantitative estimate of drug-likeness (QED) is 0.435. The lowest BCUT2D eigenvalue weighted by atomic mass is 9.88. The van der Waals surface area contributed by atoms with Crippen LogP contribution in [0.15, 0.2) is 61.3 Å². The molecule has 0 fully saturated rings. The maximum absolute atomic E-state index is 12.6. The van der Waals surface area contributed by atoms with Crippen molar-refractivity contribution in [2.45, 2.75) is 32.2 Å². The smallest absolute Gasteiger partial charge is 0.257 e. The molecule has 0 amide bonds. The molecule has 160 valence electrons. The highest BCUT2D eigenvalue weighted by Crippen LogP contribution is 2.35. The minimum absolute atomic E-state index is 0.0699. The number of fused-ring (bicyclic) bond motifs is 1. The van der Waals surface area contributed by atoms with Crippen molar-refractivity contribution >= 4 is 11.1 Å². The summed E-state index contributed by atoms with van der Waals surface area (Å²) >= 11 is 0. The average molecular weight is 430 g/mol. The number of nitrogens with zero attached hydrogens (tertiary/aromatic N) is 6. The first kappa shape index (κ1) is 20.1. The van der Waals surface area contributed by atoms with Gasteiger partial charge in [-0.05, 0) is 36.0 Å². The highest BCUT2D eigenvalue weighted by molar-refractivity contribution is 5.89. The van der Waals surface area contributed by atoms with E-state index in [2.05, 4.69) is 27.3 Å². The predicted octanol–water partition coefficient (Wildman–Crippen LogP) is 5.23. The van der Waals surface area contributed by atoms with Crippen molar-refractivity contribution in [3.63, 3.8) is 0 Å². The molecule has 6 nitrogen and oxygen atoms in total. The Bertz CT molecular complexity index is 1330. The summed E-state index contributed by atoms with van der Waals surface area (Å²) in [7, 11) is 0. The van der Waals surface area contributed by atoms with Crippen LogP contribution in [0.1, 0.15) is 25.0 Å². The summed E-state index contributed by atoms with van der Waals surface area (Å²) in [5.41, 5.74) is 6.63. The molecular weight excluding hydrogens is 410 g/mol. The molecule has 1 aliphatic rings. The van der Waals surface area contributed by atoms with Gasteiger partial charge in [-0.15, -0.1) is 0 Å². The van der Waals surface area contributed by atoms with Crippen molar-refractivity contribution in [1.29, 1.82) is 5.26 Å². The molecule has 5 rings (SSSR count). The molecule has 0 N–H and O–H groups in total. The van der Waals surface area contributed by atoms with E-state index in [-0.39, 0.29) is 5.92 Å². The second-order valence-corrected chi connectivity index (χ2v) is 7.88. The zero-order valence-electron chi connectivity index (χ0n) is 17.2. The van der Waals surface area contributed by atoms with Crippen LogP contribution in [0, 0.1) is 17.2 Å². The molecule has 1 aliphatic carbocycles. The van der Waals surface area contributed by atoms with Crippen LogP contribution < -0.4 is 0 Å². The Morgan fingerprint density at radius 1 is 1.09 bits per heavy atom. The number of hydrogen-bond donors (Lipinski definition) is 0. The van der Waals surface area contributed by atoms with E-state index in [0.717, 1.165) is 58.3 Å². The third kappa shape index (κ3) is 3.78. The lowest BCUT2D eigenvalue weighted by Crippen LogP contribution is -2.06. The summed E-state index contributed by atoms with van der Waals surface area (Å²) in [4.78, 5) is 4.65. The number of hydrogen-bond acceptors (Lipinski definition) is 4. The Morgan fingerprint density at radius 2 is 1.91 bits per heavy atom. The molecule has 0 spiro atoms. The van der Waals surface area contributed by atoms with E-state index in [1.807, 2.05) is 41.2 Å². The summed E-state index contributed by atoms with van der Waals surface area (Å²) in [6, 6.07) is 10.2. The fourth-order valence-electron chi connectivity index (χ4n) is 4.15. The van der Waals surface area contributed by atoms with E-state index in [0.29, 0.717) is 0 Å². The van der Waals surface area contributed by atoms with Crippen LogP contribution >= 0.6 is 0 Å². The fourth-order valence-corrected chi connectivity index (χ4v) is 4.15. The van der Waals surface area contributed by atoms with Gasteiger partial charge in [0.2, 0.25) is 0 Å². The number of alkyl halides is 2. The lowest BCUT2D eigenvalue weighted by Gasteiger charge is -2.17. The minimum Gasteiger partial charge on any atom is -0.266 e. The number of aromatic nitrogens is 5. The standard InChI is InChI=1S/C24H20F2N6/c25-22(26)15-31-14-20(12-29-31)17-5-7-18(8-6-17)21-13-30-32-10-9-28-23(24(21)32)19-3-1-16(11-27)2-4-19/h3,5-10,12-14,16,22H,1-2,4,15H2. The summed E-state index contributed by atoms with van der Waals surface area (Å²) in [6.45, 7) is -0.415. The molecule has 3 heterocycles. The van der Waals surface area contributed by atoms with Gasteiger partial charge < -0.3 is 0 Å². The molecule has 3 aromatic heterocycles. The normalized spacial score (nSPS) is 16.3. The van der Waals surface area contributed by atoms with Crippen molar-refractivity contribution in [2.24, 2.45) is 5.92 Å². The Morgan fingerprint density at radius 3 is 2.62 bits per heavy atom. The SMILES string of the molecule is N#CC1CC=C(c2nccn3ncc(-c4ccc(-c5cnn(CC(F)F)c5)cc4)c23)CC1. The van der Waals surface area contributed by atoms with Crippen LogP contribution in [0.5, 0.6) is 0 Å². The van der Waals surface area contributed by atoms with E-state index in [4.69, 9.17) is 0 Å². The van der Waals surface area contributed by atoms with Gasteiger partial charge >= 0.3 is 0 Å². The molecule has 1 atom stereocenters. The first-order valence-electron chi connectivity index (χ1n) is 10.4. The zero-order chi connectivity index (χ0) is 22.1. The Labute approximate surface area is 183 Å². The first-order chi connectivity index (χ1) is 15.6. The summed E-state index contributed by atoms with van der Waals surface area (Å²) < 4.78 is 28.3. The molecule has 0 bridgehead atoms. The van der Waals surface area contributed by atoms with Gasteiger partial charge in [0.25, 0.3) is 6.43 Å². The highest BCUT2D eigenvalue weighted by atomic mass is 19.3. The number of rotatable bonds is 5. The fraction of sp³-hybridized carbons (Fsp3) is 0.250. The largest absolute Gasteiger partial charge is 0.266 e. The van der Waals surface area contributed by atoms with Gasteiger partial charge in [-0.25, -0.2) is 13.3 Å². The van der Waals surface area contributed by atoms with Gasteiger partial charge in [-0.2, -0.15) is 15.5 Å². The van der Waals surface area contributed by atoms with Gasteiger partial charge in [0.15, 0.2) is 0 Å². The topological polar surface area (TPSA) is 71.8 Å². The van der Waals surface area contributed by atoms with Gasteiger partial charge in [-0.3, -0.25) is 9.67 Å². The van der Waals surface area contributed by atoms with Crippen LogP contribution in [0.3, 0.4) is 0 Å². The summed E-state index contributed by atoms with van der Waals surface area (Å²) in [5, 5.41) is 17.7. The van der Waals surface area contributed by atoms with E-state index in [1.165, 1.54) is 4.68 Å². The Kier molecular flexibility index (Phi) is 5.23. The molecule has 1 unspecified atom stereocenters. The van der Waals surface area contributed by atoms with Gasteiger partial charge in [-0.1, -0.05) is 30.3 Å². The summed E-state index contributed by atoms with van der Waals surface area (Å²) in [6.07, 6.45) is 10.7. The zero-order valence-corrected chi connectivity index (χ0v) is 17.2. The van der Waals surface area contributed by atoms with E-state index in [1.54, 1.807) is 18.6 Å². The maximum Gasteiger partial charge on any atom is 0.257 e. The van der Waals surface area contributed by atoms with E-state index in [9.17, 15) is 14.0 Å². The van der Waals surface area contributed by atoms with Gasteiger partial charge in [0.05, 0.1) is 35.6 Å². The predicted molar refractivity (Wildman–Crippen MR) is 117 cm³/mol. The van der Waals surface area contributed by atoms with Crippen LogP contribution in [-0.4, -0.2) is 30.8 Å². The Balaban J connectivity index is 1.48. The molecule has 0 radical (unpaired) electrons. The van der Waals surface area contributed by atoms with Gasteiger partial charge in [0.1, 0.15) is 6.54 Å². The second kappa shape index (κ2) is 8.35. The van der Waals surface area contributed by atoms with Crippen molar-refractivity contribution < 1.29 is 8.78 Å². The first-order valence-corrected chi connectivity index (χ1v) is 10.4. The molecule has 32 heavy (non-hydrogen) atoms. The number of benzene rings is 1. The monoisotopic (exact) mass is 430 g/mol. The van der Waals surface area contributed by atoms with Crippen LogP contribution in [0.4, 0.5) is 8.78 Å². The number of allylic oxidation sites excluding steroid dienone is 2. The maximum atomic E-state index is 12.6. The van der Waals surface area contributed by atoms with Crippen LogP contribution in [0.2, 0.25) is 0 Å². The Hall–Kier alpha value is -3.86. The average Bonchev–Trinajstić information content (AvgIpc) is 3.46. The molecule has 4 aromatic rings. The molecular formula is C24H20F2N6. The third-order valence-corrected chi connectivity index (χ3v) is 5.82. The summed E-state index contributed by atoms with van der Waals surface area (Å²) in [5.74, 6) is 0.0699. The third-order valence-electron chi connectivity index (χ3n) is 5.82. The van der Waals surface area contributed by atoms with Crippen molar-refractivity contribution in [3.8, 4) is 28.3 Å². The lowest BCUT2D eigenvalue weighted by molar-refractivity contribution is 0.122. The molecule has 0 saturated heterocycles. The van der Waals surface area contributed by atoms with Crippen molar-refractivity contribution in [2.75, 3.05) is 0 Å². The minimum atomic E-state index is -2.44. The molecule has 0 aliphatic heterocycles. The molecule has 8 heteroatoms. The number of halogens is 2. The highest BCUT2D eigenvalue weighted by Gasteiger charge is 2.20. The van der Waals surface area contributed by atoms with E-state index >= 15 is 0 Å². The molecule has 1 aromatic carbocycles. The van der Waals surface area contributed by atoms with Crippen molar-refractivity contribution in [1.82, 2.24) is 24.4 Å². The second-order valence-electron chi connectivity index (χ2n) is 7.88. The van der Waals surface area contributed by atoms with Crippen LogP contribution in [0.25, 0.3) is 33.3 Å². The van der Waals surface area contributed by atoms with E-state index < -0.39 is 13.0 Å². The van der Waals surface area contributed by atoms with Crippen molar-refractivity contribution in [3.05, 3.63) is 67.0 Å². The molecule has 0 saturated carbocycles. The van der Waals surface area contributed by atoms with Gasteiger partial charge in [0, 0.05) is 29.7 Å². The van der Waals surface area contributed by atoms with Crippen LogP contribution in [-0.2, 0) is 6.54 Å². The number of nitriles is 1.